The summed E-state index contributed by atoms with van der Waals surface area (Å²) in [7, 11) is 1.64. The Morgan fingerprint density at radius 1 is 1.28 bits per heavy atom. The van der Waals surface area contributed by atoms with Crippen LogP contribution in [0.15, 0.2) is 59.0 Å². The van der Waals surface area contributed by atoms with Gasteiger partial charge in [0.25, 0.3) is 0 Å². The van der Waals surface area contributed by atoms with Crippen LogP contribution in [0.1, 0.15) is 13.8 Å². The van der Waals surface area contributed by atoms with Crippen molar-refractivity contribution in [3.63, 3.8) is 0 Å². The van der Waals surface area contributed by atoms with E-state index in [9.17, 15) is 4.79 Å². The average molecular weight is 517 g/mol. The second kappa shape index (κ2) is 9.77. The van der Waals surface area contributed by atoms with Gasteiger partial charge in [0, 0.05) is 43.5 Å². The van der Waals surface area contributed by atoms with Crippen LogP contribution >= 0.6 is 0 Å². The molecule has 0 saturated heterocycles. The van der Waals surface area contributed by atoms with E-state index in [0.717, 1.165) is 28.0 Å². The number of allylic oxidation sites excluding steroid dienone is 2. The van der Waals surface area contributed by atoms with E-state index in [1.807, 2.05) is 24.3 Å². The van der Waals surface area contributed by atoms with E-state index in [1.165, 1.54) is 19.9 Å². The van der Waals surface area contributed by atoms with Gasteiger partial charge in [0.1, 0.15) is 5.58 Å². The molecule has 133 valence electrons. The van der Waals surface area contributed by atoms with E-state index in [1.54, 1.807) is 25.6 Å². The number of pyridine rings is 1. The standard InChI is InChI=1S/C14H10NO2.C5H8O2.Ir/c1-16-11-4-2-10(3-5-11)14-12-7-9-17-13(12)6-8-15-14;1-4(6)3-5(2)7;/h2,4-9H,1H3;3,6H,1-2H3;/q-1;;. The molecule has 0 unspecified atom stereocenters. The smallest absolute Gasteiger partial charge is 0.155 e. The molecule has 0 aliphatic rings. The van der Waals surface area contributed by atoms with Gasteiger partial charge in [0.15, 0.2) is 5.78 Å². The molecule has 1 radical (unpaired) electrons. The number of hydrogen-bond acceptors (Lipinski definition) is 5. The Kier molecular flexibility index (Phi) is 8.05. The summed E-state index contributed by atoms with van der Waals surface area (Å²) in [4.78, 5) is 14.4. The van der Waals surface area contributed by atoms with Crippen molar-refractivity contribution in [1.82, 2.24) is 4.98 Å². The number of ketones is 1. The number of carbonyl (C=O) groups is 1. The Hall–Kier alpha value is -2.43. The first-order valence-corrected chi connectivity index (χ1v) is 7.27. The maximum atomic E-state index is 10.0. The van der Waals surface area contributed by atoms with E-state index in [0.29, 0.717) is 0 Å². The van der Waals surface area contributed by atoms with Gasteiger partial charge in [0.05, 0.1) is 19.1 Å². The van der Waals surface area contributed by atoms with Gasteiger partial charge in [-0.25, -0.2) is 0 Å². The number of ether oxygens (including phenoxy) is 1. The molecule has 0 saturated carbocycles. The number of carbonyl (C=O) groups excluding carboxylic acids is 1. The van der Waals surface area contributed by atoms with Crippen molar-refractivity contribution in [2.24, 2.45) is 0 Å². The number of rotatable bonds is 3. The number of aromatic nitrogens is 1. The number of fused-ring (bicyclic) bond motifs is 1. The molecule has 0 spiro atoms. The second-order valence-corrected chi connectivity index (χ2v) is 5.03. The predicted octanol–water partition coefficient (Wildman–Crippen LogP) is 4.34. The zero-order chi connectivity index (χ0) is 17.5. The molecule has 2 heterocycles. The van der Waals surface area contributed by atoms with Crippen LogP contribution < -0.4 is 4.74 Å². The first kappa shape index (κ1) is 20.6. The van der Waals surface area contributed by atoms with Gasteiger partial charge in [-0.3, -0.25) is 4.79 Å². The van der Waals surface area contributed by atoms with Crippen LogP contribution in [0.5, 0.6) is 5.75 Å². The molecule has 2 aromatic heterocycles. The van der Waals surface area contributed by atoms with E-state index in [-0.39, 0.29) is 31.6 Å². The molecule has 5 nitrogen and oxygen atoms in total. The number of methoxy groups -OCH3 is 1. The predicted molar refractivity (Wildman–Crippen MR) is 91.9 cm³/mol. The third-order valence-electron chi connectivity index (χ3n) is 3.07. The van der Waals surface area contributed by atoms with Crippen LogP contribution in [-0.4, -0.2) is 23.0 Å². The van der Waals surface area contributed by atoms with Crippen LogP contribution in [0, 0.1) is 6.07 Å². The quantitative estimate of drug-likeness (QED) is 0.319. The zero-order valence-electron chi connectivity index (χ0n) is 14.1. The minimum Gasteiger partial charge on any atom is -0.540 e. The van der Waals surface area contributed by atoms with Crippen molar-refractivity contribution in [2.75, 3.05) is 7.11 Å². The Labute approximate surface area is 159 Å². The Morgan fingerprint density at radius 3 is 2.56 bits per heavy atom. The Balaban J connectivity index is 0.000000339. The fraction of sp³-hybridized carbons (Fsp3) is 0.158. The van der Waals surface area contributed by atoms with Crippen LogP contribution in [0.3, 0.4) is 0 Å². The van der Waals surface area contributed by atoms with Crippen LogP contribution in [0.25, 0.3) is 22.2 Å². The summed E-state index contributed by atoms with van der Waals surface area (Å²) in [5.74, 6) is 0.723. The normalized spacial score (nSPS) is 10.4. The number of furan rings is 1. The minimum absolute atomic E-state index is 0. The van der Waals surface area contributed by atoms with Gasteiger partial charge in [-0.15, -0.1) is 29.8 Å². The molecule has 0 fully saturated rings. The summed E-state index contributed by atoms with van der Waals surface area (Å²) in [6.07, 6.45) is 4.57. The molecule has 1 aromatic carbocycles. The Morgan fingerprint density at radius 2 is 2.04 bits per heavy atom. The monoisotopic (exact) mass is 517 g/mol. The molecule has 0 atom stereocenters. The van der Waals surface area contributed by atoms with E-state index in [4.69, 9.17) is 14.3 Å². The fourth-order valence-corrected chi connectivity index (χ4v) is 2.09. The van der Waals surface area contributed by atoms with Gasteiger partial charge in [0.2, 0.25) is 0 Å². The molecule has 0 aliphatic carbocycles. The summed E-state index contributed by atoms with van der Waals surface area (Å²) >= 11 is 0. The fourth-order valence-electron chi connectivity index (χ4n) is 2.09. The average Bonchev–Trinajstić information content (AvgIpc) is 3.03. The molecule has 6 heteroatoms. The molecular weight excluding hydrogens is 498 g/mol. The van der Waals surface area contributed by atoms with Gasteiger partial charge in [-0.1, -0.05) is 0 Å². The van der Waals surface area contributed by atoms with Crippen molar-refractivity contribution in [3.05, 3.63) is 60.7 Å². The Bertz CT molecular complexity index is 849. The van der Waals surface area contributed by atoms with Gasteiger partial charge < -0.3 is 19.2 Å². The number of benzene rings is 1. The number of hydrogen-bond donors (Lipinski definition) is 1. The number of aliphatic hydroxyl groups excluding tert-OH is 1. The topological polar surface area (TPSA) is 72.6 Å². The largest absolute Gasteiger partial charge is 0.540 e. The molecule has 0 amide bonds. The second-order valence-electron chi connectivity index (χ2n) is 5.03. The summed E-state index contributed by atoms with van der Waals surface area (Å²) < 4.78 is 10.5. The van der Waals surface area contributed by atoms with Crippen LogP contribution in [0.2, 0.25) is 0 Å². The van der Waals surface area contributed by atoms with E-state index < -0.39 is 0 Å². The van der Waals surface area contributed by atoms with E-state index in [2.05, 4.69) is 11.1 Å². The maximum Gasteiger partial charge on any atom is 0.155 e. The molecular formula is C19H18IrNO4-. The van der Waals surface area contributed by atoms with Crippen molar-refractivity contribution in [2.45, 2.75) is 13.8 Å². The van der Waals surface area contributed by atoms with Crippen molar-refractivity contribution in [1.29, 1.82) is 0 Å². The molecule has 0 bridgehead atoms. The SMILES string of the molecule is CC(=O)C=C(C)O.COc1c[c-]c(-c2nccc3occc23)cc1.[Ir]. The minimum atomic E-state index is -0.125. The third kappa shape index (κ3) is 5.85. The van der Waals surface area contributed by atoms with Gasteiger partial charge >= 0.3 is 0 Å². The van der Waals surface area contributed by atoms with Crippen molar-refractivity contribution in [3.8, 4) is 17.0 Å². The van der Waals surface area contributed by atoms with Gasteiger partial charge in [-0.2, -0.15) is 0 Å². The zero-order valence-corrected chi connectivity index (χ0v) is 16.5. The van der Waals surface area contributed by atoms with Crippen LogP contribution in [-0.2, 0) is 24.9 Å². The maximum absolute atomic E-state index is 10.0. The first-order valence-electron chi connectivity index (χ1n) is 7.27. The summed E-state index contributed by atoms with van der Waals surface area (Å²) in [5, 5.41) is 9.36. The molecule has 3 rings (SSSR count). The third-order valence-corrected chi connectivity index (χ3v) is 3.07. The molecule has 25 heavy (non-hydrogen) atoms. The van der Waals surface area contributed by atoms with Gasteiger partial charge in [-0.05, 0) is 31.7 Å². The molecule has 1 N–H and O–H groups in total. The van der Waals surface area contributed by atoms with Crippen LogP contribution in [0.4, 0.5) is 0 Å². The summed E-state index contributed by atoms with van der Waals surface area (Å²) in [5.41, 5.74) is 2.64. The molecule has 3 aromatic rings. The first-order chi connectivity index (χ1) is 11.5. The number of aliphatic hydroxyl groups is 1. The number of nitrogens with zero attached hydrogens (tertiary/aromatic N) is 1. The summed E-state index contributed by atoms with van der Waals surface area (Å²) in [6.45, 7) is 2.85. The van der Waals surface area contributed by atoms with E-state index >= 15 is 0 Å². The van der Waals surface area contributed by atoms with Crippen molar-refractivity contribution >= 4 is 16.8 Å². The summed E-state index contributed by atoms with van der Waals surface area (Å²) in [6, 6.07) is 12.6. The molecule has 0 aliphatic heterocycles. The van der Waals surface area contributed by atoms with Crippen molar-refractivity contribution < 1.29 is 39.2 Å².